The quantitative estimate of drug-likeness (QED) is 0.169. The van der Waals surface area contributed by atoms with Crippen LogP contribution < -0.4 is 11.3 Å². The Morgan fingerprint density at radius 2 is 1.82 bits per heavy atom. The monoisotopic (exact) mass is 352 g/mol. The molecule has 0 aliphatic heterocycles. The van der Waals surface area contributed by atoms with Gasteiger partial charge in [0, 0.05) is 0 Å². The van der Waals surface area contributed by atoms with Crippen LogP contribution in [0.1, 0.15) is 0 Å². The molecule has 0 radical (unpaired) electrons. The Balaban J connectivity index is 3.99. The second-order valence-electron chi connectivity index (χ2n) is 1.32. The van der Waals surface area contributed by atoms with Crippen molar-refractivity contribution in [2.24, 2.45) is 5.84 Å². The Hall–Kier alpha value is 0.340. The van der Waals surface area contributed by atoms with Gasteiger partial charge in [0.1, 0.15) is 0 Å². The molecule has 0 atom stereocenters. The van der Waals surface area contributed by atoms with Crippen LogP contribution in [0.25, 0.3) is 0 Å². The highest BCUT2D eigenvalue weighted by Crippen LogP contribution is 2.34. The third-order valence-electron chi connectivity index (χ3n) is 0.535. The van der Waals surface area contributed by atoms with Crippen LogP contribution in [0.5, 0.6) is 0 Å². The molecule has 0 heterocycles. The zero-order valence-electron chi connectivity index (χ0n) is 4.94. The molecule has 0 saturated heterocycles. The summed E-state index contributed by atoms with van der Waals surface area (Å²) >= 11 is 8.52. The molecule has 3 N–H and O–H groups in total. The van der Waals surface area contributed by atoms with Crippen molar-refractivity contribution in [3.05, 3.63) is 0 Å². The highest BCUT2D eigenvalue weighted by molar-refractivity contribution is 9.40. The minimum atomic E-state index is -1.25. The summed E-state index contributed by atoms with van der Waals surface area (Å²) in [5.41, 5.74) is 1.62. The van der Waals surface area contributed by atoms with Gasteiger partial charge in [0.15, 0.2) is 0 Å². The molecule has 0 bridgehead atoms. The lowest BCUT2D eigenvalue weighted by Gasteiger charge is -2.08. The van der Waals surface area contributed by atoms with E-state index in [4.69, 9.17) is 0 Å². The minimum Gasteiger partial charge on any atom is -0.373 e. The van der Waals surface area contributed by atoms with Crippen molar-refractivity contribution in [1.29, 1.82) is 0 Å². The van der Waals surface area contributed by atoms with Gasteiger partial charge in [0.2, 0.25) is 2.14 Å². The van der Waals surface area contributed by atoms with Crippen LogP contribution in [-0.4, -0.2) is 14.2 Å². The summed E-state index contributed by atoms with van der Waals surface area (Å²) in [5.74, 6) is 3.78. The second-order valence-corrected chi connectivity index (χ2v) is 8.08. The highest BCUT2D eigenvalue weighted by Gasteiger charge is 2.32. The molecule has 0 aliphatic carbocycles. The van der Waals surface area contributed by atoms with E-state index in [1.54, 1.807) is 5.43 Å². The topological polar surface area (TPSA) is 81.4 Å². The van der Waals surface area contributed by atoms with Gasteiger partial charge in [-0.05, 0) is 47.8 Å². The number of ether oxygens (including phenoxy) is 1. The predicted molar refractivity (Wildman–Crippen MR) is 48.3 cm³/mol. The summed E-state index contributed by atoms with van der Waals surface area (Å²) < 4.78 is 2.86. The van der Waals surface area contributed by atoms with Crippen LogP contribution in [0.3, 0.4) is 0 Å². The summed E-state index contributed by atoms with van der Waals surface area (Å²) in [5, 5.41) is 0. The molecule has 64 valence electrons. The normalized spacial score (nSPS) is 10.5. The zero-order valence-corrected chi connectivity index (χ0v) is 9.69. The maximum Gasteiger partial charge on any atom is 0.429 e. The fourth-order valence-electron chi connectivity index (χ4n) is 0.172. The number of nitrogens with one attached hydrogen (secondary N) is 1. The van der Waals surface area contributed by atoms with E-state index in [-0.39, 0.29) is 0 Å². The number of halogens is 3. The Labute approximate surface area is 87.4 Å². The Morgan fingerprint density at radius 3 is 2.09 bits per heavy atom. The minimum absolute atomic E-state index is 0.861. The molecular formula is C3H3Br3N2O3. The number of nitrogens with two attached hydrogens (primary N) is 1. The largest absolute Gasteiger partial charge is 0.429 e. The molecule has 11 heavy (non-hydrogen) atoms. The van der Waals surface area contributed by atoms with Crippen molar-refractivity contribution >= 4 is 59.9 Å². The molecule has 5 nitrogen and oxygen atoms in total. The van der Waals surface area contributed by atoms with Crippen LogP contribution in [0, 0.1) is 0 Å². The number of hydrogen-bond donors (Lipinski definition) is 2. The molecule has 0 unspecified atom stereocenters. The van der Waals surface area contributed by atoms with Crippen LogP contribution in [0.4, 0.5) is 4.79 Å². The van der Waals surface area contributed by atoms with Crippen molar-refractivity contribution in [1.82, 2.24) is 5.43 Å². The zero-order chi connectivity index (χ0) is 9.07. The number of carbonyl (C=O) groups excluding carboxylic acids is 2. The molecule has 8 heteroatoms. The first kappa shape index (κ1) is 11.3. The summed E-state index contributed by atoms with van der Waals surface area (Å²) in [4.78, 5) is 21.1. The molecule has 0 fully saturated rings. The molecular weight excluding hydrogens is 352 g/mol. The summed E-state index contributed by atoms with van der Waals surface area (Å²) in [6.45, 7) is 0. The third-order valence-corrected chi connectivity index (χ3v) is 1.51. The Morgan fingerprint density at radius 1 is 1.36 bits per heavy atom. The third kappa shape index (κ3) is 4.72. The number of esters is 1. The van der Waals surface area contributed by atoms with Gasteiger partial charge in [-0.3, -0.25) is 5.43 Å². The number of hydrogen-bond acceptors (Lipinski definition) is 4. The van der Waals surface area contributed by atoms with Crippen LogP contribution in [-0.2, 0) is 9.53 Å². The van der Waals surface area contributed by atoms with E-state index in [1.807, 2.05) is 0 Å². The van der Waals surface area contributed by atoms with Gasteiger partial charge in [-0.2, -0.15) is 0 Å². The maximum atomic E-state index is 10.8. The van der Waals surface area contributed by atoms with Gasteiger partial charge < -0.3 is 4.74 Å². The van der Waals surface area contributed by atoms with E-state index in [9.17, 15) is 9.59 Å². The standard InChI is InChI=1S/C3H3Br3N2O3/c4-3(5,6)1(9)11-2(10)8-7/h7H2,(H,8,10). The molecule has 0 rings (SSSR count). The molecule has 0 spiro atoms. The van der Waals surface area contributed by atoms with Gasteiger partial charge in [-0.25, -0.2) is 15.4 Å². The van der Waals surface area contributed by atoms with Crippen LogP contribution >= 0.6 is 47.8 Å². The van der Waals surface area contributed by atoms with Crippen molar-refractivity contribution in [3.63, 3.8) is 0 Å². The highest BCUT2D eigenvalue weighted by atomic mass is 80.0. The molecule has 1 amide bonds. The average Bonchev–Trinajstić information content (AvgIpc) is 1.85. The van der Waals surface area contributed by atoms with Crippen molar-refractivity contribution in [2.45, 2.75) is 2.14 Å². The predicted octanol–water partition coefficient (Wildman–Crippen LogP) is 0.951. The van der Waals surface area contributed by atoms with Gasteiger partial charge >= 0.3 is 12.1 Å². The van der Waals surface area contributed by atoms with E-state index >= 15 is 0 Å². The van der Waals surface area contributed by atoms with Gasteiger partial charge in [-0.15, -0.1) is 0 Å². The first-order chi connectivity index (χ1) is 4.88. The molecule has 0 aromatic heterocycles. The van der Waals surface area contributed by atoms with Crippen LogP contribution in [0.15, 0.2) is 0 Å². The van der Waals surface area contributed by atoms with Crippen molar-refractivity contribution in [2.75, 3.05) is 0 Å². The van der Waals surface area contributed by atoms with E-state index < -0.39 is 14.2 Å². The first-order valence-corrected chi connectivity index (χ1v) is 4.55. The van der Waals surface area contributed by atoms with Crippen molar-refractivity contribution in [3.8, 4) is 0 Å². The lowest BCUT2D eigenvalue weighted by molar-refractivity contribution is -0.135. The van der Waals surface area contributed by atoms with E-state index in [0.29, 0.717) is 0 Å². The van der Waals surface area contributed by atoms with Crippen molar-refractivity contribution < 1.29 is 14.3 Å². The molecule has 0 saturated carbocycles. The molecule has 0 aromatic rings. The number of rotatable bonds is 0. The second kappa shape index (κ2) is 4.39. The first-order valence-electron chi connectivity index (χ1n) is 2.17. The smallest absolute Gasteiger partial charge is 0.373 e. The number of carbonyl (C=O) groups is 2. The fourth-order valence-corrected chi connectivity index (χ4v) is 0.414. The van der Waals surface area contributed by atoms with E-state index in [0.717, 1.165) is 0 Å². The number of amides is 1. The van der Waals surface area contributed by atoms with Gasteiger partial charge in [0.05, 0.1) is 0 Å². The lowest BCUT2D eigenvalue weighted by atomic mass is 10.8. The molecule has 0 aliphatic rings. The summed E-state index contributed by atoms with van der Waals surface area (Å²) in [6.07, 6.45) is -1.03. The maximum absolute atomic E-state index is 10.8. The lowest BCUT2D eigenvalue weighted by Crippen LogP contribution is -2.35. The number of alkyl halides is 3. The SMILES string of the molecule is NNC(=O)OC(=O)C(Br)(Br)Br. The Bertz CT molecular complexity index is 177. The Kier molecular flexibility index (Phi) is 4.52. The van der Waals surface area contributed by atoms with Gasteiger partial charge in [-0.1, -0.05) is 0 Å². The van der Waals surface area contributed by atoms with E-state index in [2.05, 4.69) is 58.4 Å². The molecule has 0 aromatic carbocycles. The van der Waals surface area contributed by atoms with Gasteiger partial charge in [0.25, 0.3) is 0 Å². The fraction of sp³-hybridized carbons (Fsp3) is 0.333. The summed E-state index contributed by atoms with van der Waals surface area (Å²) in [6, 6.07) is 0. The summed E-state index contributed by atoms with van der Waals surface area (Å²) in [7, 11) is 0. The number of hydrazine groups is 1. The van der Waals surface area contributed by atoms with E-state index in [1.165, 1.54) is 0 Å². The van der Waals surface area contributed by atoms with Crippen LogP contribution in [0.2, 0.25) is 0 Å². The average molecular weight is 355 g/mol.